The molecule has 0 fully saturated rings. The zero-order valence-corrected chi connectivity index (χ0v) is 13.0. The quantitative estimate of drug-likeness (QED) is 0.487. The predicted octanol–water partition coefficient (Wildman–Crippen LogP) is 4.80. The van der Waals surface area contributed by atoms with Crippen molar-refractivity contribution >= 4 is 50.9 Å². The van der Waals surface area contributed by atoms with Gasteiger partial charge in [0, 0.05) is 31.3 Å². The average Bonchev–Trinajstić information content (AvgIpc) is 2.86. The molecule has 0 saturated heterocycles. The lowest BCUT2D eigenvalue weighted by atomic mass is 10.0. The van der Waals surface area contributed by atoms with Crippen molar-refractivity contribution < 1.29 is 9.18 Å². The van der Waals surface area contributed by atoms with Crippen LogP contribution >= 0.6 is 34.2 Å². The fourth-order valence-electron chi connectivity index (χ4n) is 2.14. The third-order valence-corrected chi connectivity index (χ3v) is 4.25. The van der Waals surface area contributed by atoms with E-state index in [1.54, 1.807) is 30.3 Å². The van der Waals surface area contributed by atoms with Crippen molar-refractivity contribution in [3.8, 4) is 0 Å². The van der Waals surface area contributed by atoms with E-state index < -0.39 is 5.82 Å². The Kier molecular flexibility index (Phi) is 3.52. The number of aromatic nitrogens is 1. The van der Waals surface area contributed by atoms with Gasteiger partial charge in [-0.1, -0.05) is 17.7 Å². The number of aromatic amines is 1. The molecule has 0 bridgehead atoms. The summed E-state index contributed by atoms with van der Waals surface area (Å²) in [5, 5.41) is 0.794. The van der Waals surface area contributed by atoms with E-state index in [1.165, 1.54) is 12.3 Å². The summed E-state index contributed by atoms with van der Waals surface area (Å²) < 4.78 is 14.7. The number of H-pyrrole nitrogens is 1. The molecule has 0 unspecified atom stereocenters. The van der Waals surface area contributed by atoms with E-state index >= 15 is 0 Å². The lowest BCUT2D eigenvalue weighted by Crippen LogP contribution is -2.03. The molecule has 100 valence electrons. The molecule has 0 amide bonds. The first-order valence-electron chi connectivity index (χ1n) is 5.83. The molecule has 0 aliphatic rings. The maximum absolute atomic E-state index is 13.9. The molecule has 3 aromatic rings. The van der Waals surface area contributed by atoms with Gasteiger partial charge in [-0.3, -0.25) is 4.79 Å². The summed E-state index contributed by atoms with van der Waals surface area (Å²) in [6.45, 7) is 0. The number of benzene rings is 2. The third-order valence-electron chi connectivity index (χ3n) is 3.07. The van der Waals surface area contributed by atoms with Gasteiger partial charge in [0.05, 0.1) is 5.56 Å². The van der Waals surface area contributed by atoms with Crippen molar-refractivity contribution in [2.75, 3.05) is 0 Å². The zero-order valence-electron chi connectivity index (χ0n) is 10.1. The number of carbonyl (C=O) groups is 1. The highest BCUT2D eigenvalue weighted by atomic mass is 127. The normalized spacial score (nSPS) is 10.9. The van der Waals surface area contributed by atoms with Crippen molar-refractivity contribution in [1.82, 2.24) is 4.98 Å². The molecule has 2 aromatic carbocycles. The number of fused-ring (bicyclic) bond motifs is 1. The molecule has 1 aromatic heterocycles. The maximum Gasteiger partial charge on any atom is 0.196 e. The highest BCUT2D eigenvalue weighted by Crippen LogP contribution is 2.26. The van der Waals surface area contributed by atoms with Crippen LogP contribution in [-0.4, -0.2) is 10.8 Å². The molecular weight excluding hydrogens is 392 g/mol. The van der Waals surface area contributed by atoms with Crippen LogP contribution in [0.25, 0.3) is 10.9 Å². The molecule has 1 N–H and O–H groups in total. The predicted molar refractivity (Wildman–Crippen MR) is 85.9 cm³/mol. The largest absolute Gasteiger partial charge is 0.360 e. The van der Waals surface area contributed by atoms with E-state index in [2.05, 4.69) is 27.6 Å². The summed E-state index contributed by atoms with van der Waals surface area (Å²) >= 11 is 8.00. The topological polar surface area (TPSA) is 32.9 Å². The Morgan fingerprint density at radius 3 is 2.80 bits per heavy atom. The molecule has 0 aliphatic carbocycles. The molecule has 0 saturated carbocycles. The van der Waals surface area contributed by atoms with Crippen LogP contribution in [0.1, 0.15) is 15.9 Å². The van der Waals surface area contributed by atoms with Crippen LogP contribution in [-0.2, 0) is 0 Å². The summed E-state index contributed by atoms with van der Waals surface area (Å²) in [5.74, 6) is -0.655. The van der Waals surface area contributed by atoms with Crippen LogP contribution in [0.15, 0.2) is 42.6 Å². The minimum Gasteiger partial charge on any atom is -0.360 e. The van der Waals surface area contributed by atoms with E-state index in [0.29, 0.717) is 27.1 Å². The summed E-state index contributed by atoms with van der Waals surface area (Å²) in [7, 11) is 0. The number of carbonyl (C=O) groups excluding carboxylic acids is 1. The molecule has 20 heavy (non-hydrogen) atoms. The summed E-state index contributed by atoms with van der Waals surface area (Å²) in [5.41, 5.74) is 1.39. The van der Waals surface area contributed by atoms with Crippen LogP contribution in [0, 0.1) is 9.39 Å². The van der Waals surface area contributed by atoms with Gasteiger partial charge in [0.25, 0.3) is 0 Å². The van der Waals surface area contributed by atoms with Crippen LogP contribution in [0.3, 0.4) is 0 Å². The second-order valence-electron chi connectivity index (χ2n) is 4.32. The first-order chi connectivity index (χ1) is 9.58. The van der Waals surface area contributed by atoms with Crippen LogP contribution in [0.5, 0.6) is 0 Å². The number of nitrogens with one attached hydrogen (secondary N) is 1. The molecule has 5 heteroatoms. The average molecular weight is 400 g/mol. The molecule has 0 radical (unpaired) electrons. The number of halogens is 3. The Balaban J connectivity index is 2.21. The minimum atomic E-state index is -0.413. The van der Waals surface area contributed by atoms with Crippen LogP contribution in [0.4, 0.5) is 4.39 Å². The van der Waals surface area contributed by atoms with Gasteiger partial charge in [-0.2, -0.15) is 0 Å². The van der Waals surface area contributed by atoms with Gasteiger partial charge in [0.2, 0.25) is 0 Å². The maximum atomic E-state index is 13.9. The van der Waals surface area contributed by atoms with Gasteiger partial charge < -0.3 is 4.98 Å². The van der Waals surface area contributed by atoms with Gasteiger partial charge >= 0.3 is 0 Å². The van der Waals surface area contributed by atoms with Gasteiger partial charge in [0.1, 0.15) is 5.82 Å². The number of rotatable bonds is 2. The number of hydrogen-bond acceptors (Lipinski definition) is 1. The molecule has 0 aliphatic heterocycles. The minimum absolute atomic E-state index is 0.242. The monoisotopic (exact) mass is 399 g/mol. The second kappa shape index (κ2) is 5.18. The lowest BCUT2D eigenvalue weighted by Gasteiger charge is -2.04. The lowest BCUT2D eigenvalue weighted by molar-refractivity contribution is 0.103. The van der Waals surface area contributed by atoms with Gasteiger partial charge in [-0.25, -0.2) is 4.39 Å². The van der Waals surface area contributed by atoms with Gasteiger partial charge in [0.15, 0.2) is 5.78 Å². The smallest absolute Gasteiger partial charge is 0.196 e. The zero-order chi connectivity index (χ0) is 14.3. The van der Waals surface area contributed by atoms with Crippen molar-refractivity contribution in [3.63, 3.8) is 0 Å². The highest BCUT2D eigenvalue weighted by Gasteiger charge is 2.19. The van der Waals surface area contributed by atoms with Crippen molar-refractivity contribution in [2.45, 2.75) is 0 Å². The molecule has 0 spiro atoms. The highest BCUT2D eigenvalue weighted by molar-refractivity contribution is 14.1. The second-order valence-corrected chi connectivity index (χ2v) is 5.92. The fourth-order valence-corrected chi connectivity index (χ4v) is 2.89. The van der Waals surface area contributed by atoms with Crippen molar-refractivity contribution in [1.29, 1.82) is 0 Å². The SMILES string of the molecule is O=C(c1cc(Cl)ccc1I)c1c[nH]c2cccc(F)c12. The van der Waals surface area contributed by atoms with Crippen LogP contribution in [0.2, 0.25) is 5.02 Å². The van der Waals surface area contributed by atoms with E-state index in [9.17, 15) is 9.18 Å². The van der Waals surface area contributed by atoms with E-state index in [4.69, 9.17) is 11.6 Å². The Morgan fingerprint density at radius 2 is 2.00 bits per heavy atom. The Hall–Kier alpha value is -1.40. The molecule has 1 heterocycles. The first-order valence-corrected chi connectivity index (χ1v) is 7.29. The van der Waals surface area contributed by atoms with Crippen molar-refractivity contribution in [2.24, 2.45) is 0 Å². The molecule has 0 atom stereocenters. The molecule has 2 nitrogen and oxygen atoms in total. The Bertz CT molecular complexity index is 828. The van der Waals surface area contributed by atoms with Crippen LogP contribution < -0.4 is 0 Å². The summed E-state index contributed by atoms with van der Waals surface area (Å²) in [6, 6.07) is 9.77. The summed E-state index contributed by atoms with van der Waals surface area (Å²) in [6.07, 6.45) is 1.53. The number of ketones is 1. The molecular formula is C15H8ClFINO. The van der Waals surface area contributed by atoms with E-state index in [-0.39, 0.29) is 5.78 Å². The van der Waals surface area contributed by atoms with E-state index in [0.717, 1.165) is 3.57 Å². The fraction of sp³-hybridized carbons (Fsp3) is 0. The Morgan fingerprint density at radius 1 is 1.20 bits per heavy atom. The third kappa shape index (κ3) is 2.23. The van der Waals surface area contributed by atoms with Gasteiger partial charge in [-0.05, 0) is 52.9 Å². The number of hydrogen-bond donors (Lipinski definition) is 1. The van der Waals surface area contributed by atoms with E-state index in [1.807, 2.05) is 0 Å². The standard InChI is InChI=1S/C15H8ClFINO/c16-8-4-5-12(18)9(6-8)15(20)10-7-19-13-3-1-2-11(17)14(10)13/h1-7,19H. The van der Waals surface area contributed by atoms with Crippen molar-refractivity contribution in [3.05, 3.63) is 68.1 Å². The van der Waals surface area contributed by atoms with Gasteiger partial charge in [-0.15, -0.1) is 0 Å². The summed E-state index contributed by atoms with van der Waals surface area (Å²) in [4.78, 5) is 15.5. The molecule has 3 rings (SSSR count). The Labute approximate surface area is 133 Å². The first kappa shape index (κ1) is 13.6.